The average Bonchev–Trinajstić information content (AvgIpc) is 2.45. The van der Waals surface area contributed by atoms with Crippen molar-refractivity contribution in [1.29, 1.82) is 0 Å². The van der Waals surface area contributed by atoms with Crippen LogP contribution in [0.2, 0.25) is 0 Å². The van der Waals surface area contributed by atoms with Crippen LogP contribution >= 0.6 is 0 Å². The number of rotatable bonds is 14. The zero-order valence-corrected chi connectivity index (χ0v) is 17.2. The van der Waals surface area contributed by atoms with Crippen LogP contribution in [0.4, 0.5) is 0 Å². The molecule has 0 fully saturated rings. The molecule has 0 aromatic heterocycles. The van der Waals surface area contributed by atoms with E-state index in [9.17, 15) is 0 Å². The molecule has 0 bridgehead atoms. The Labute approximate surface area is 146 Å². The molecule has 133 valence electrons. The Balaban J connectivity index is 0. The second-order valence-electron chi connectivity index (χ2n) is 6.20. The Morgan fingerprint density at radius 1 is 0.636 bits per heavy atom. The molecule has 0 aliphatic carbocycles. The van der Waals surface area contributed by atoms with E-state index in [1.54, 1.807) is 0 Å². The fourth-order valence-electron chi connectivity index (χ4n) is 1.62. The topological polar surface area (TPSA) is 27.7 Å². The molecule has 4 heteroatoms. The lowest BCUT2D eigenvalue weighted by molar-refractivity contribution is 0.126. The SMILES string of the molecule is CC(C)[O][Al][O]C(C)C.CCCCCCOCCCCCC. The van der Waals surface area contributed by atoms with Crippen molar-refractivity contribution in [2.75, 3.05) is 13.2 Å². The van der Waals surface area contributed by atoms with E-state index in [1.165, 1.54) is 51.4 Å². The zero-order chi connectivity index (χ0) is 17.1. The molecule has 0 heterocycles. The molecule has 0 N–H and O–H groups in total. The van der Waals surface area contributed by atoms with E-state index in [0.29, 0.717) is 12.2 Å². The lowest BCUT2D eigenvalue weighted by Crippen LogP contribution is -2.14. The Morgan fingerprint density at radius 3 is 1.36 bits per heavy atom. The third-order valence-corrected chi connectivity index (χ3v) is 4.25. The monoisotopic (exact) mass is 331 g/mol. The molecular formula is C18H40AlO3. The maximum atomic E-state index is 5.53. The van der Waals surface area contributed by atoms with Gasteiger partial charge in [-0.15, -0.1) is 0 Å². The van der Waals surface area contributed by atoms with Gasteiger partial charge in [-0.05, 0) is 40.5 Å². The third kappa shape index (κ3) is 28.6. The molecule has 1 radical (unpaired) electrons. The van der Waals surface area contributed by atoms with Gasteiger partial charge < -0.3 is 12.3 Å². The van der Waals surface area contributed by atoms with Gasteiger partial charge in [0.15, 0.2) is 0 Å². The highest BCUT2D eigenvalue weighted by Crippen LogP contribution is 2.01. The van der Waals surface area contributed by atoms with Crippen LogP contribution in [0.25, 0.3) is 0 Å². The minimum Gasteiger partial charge on any atom is -0.482 e. The lowest BCUT2D eigenvalue weighted by atomic mass is 10.2. The van der Waals surface area contributed by atoms with Crippen molar-refractivity contribution >= 4 is 15.9 Å². The number of ether oxygens (including phenoxy) is 1. The van der Waals surface area contributed by atoms with Crippen LogP contribution in [0, 0.1) is 0 Å². The van der Waals surface area contributed by atoms with Crippen molar-refractivity contribution in [3.8, 4) is 0 Å². The Bertz CT molecular complexity index is 169. The molecule has 22 heavy (non-hydrogen) atoms. The van der Waals surface area contributed by atoms with Crippen LogP contribution < -0.4 is 0 Å². The first-order valence-corrected chi connectivity index (χ1v) is 10.2. The molecule has 0 saturated heterocycles. The molecule has 3 nitrogen and oxygen atoms in total. The predicted molar refractivity (Wildman–Crippen MR) is 97.3 cm³/mol. The molecule has 0 unspecified atom stereocenters. The van der Waals surface area contributed by atoms with Gasteiger partial charge in [-0.1, -0.05) is 52.4 Å². The normalized spacial score (nSPS) is 10.7. The summed E-state index contributed by atoms with van der Waals surface area (Å²) >= 11 is -0.245. The predicted octanol–water partition coefficient (Wildman–Crippen LogP) is 5.53. The van der Waals surface area contributed by atoms with Gasteiger partial charge in [-0.2, -0.15) is 0 Å². The van der Waals surface area contributed by atoms with Crippen LogP contribution in [0.15, 0.2) is 0 Å². The molecule has 0 aliphatic rings. The van der Waals surface area contributed by atoms with E-state index >= 15 is 0 Å². The summed E-state index contributed by atoms with van der Waals surface area (Å²) in [6.45, 7) is 14.5. The number of hydrogen-bond acceptors (Lipinski definition) is 3. The fourth-order valence-corrected chi connectivity index (χ4v) is 2.13. The maximum Gasteiger partial charge on any atom is 0.668 e. The van der Waals surface area contributed by atoms with Crippen LogP contribution in [0.3, 0.4) is 0 Å². The molecular weight excluding hydrogens is 291 g/mol. The standard InChI is InChI=1S/C12H26O.2C3H7O.Al/c1-3-5-7-9-11-13-12-10-8-6-4-2;2*1-3(2)4;/h3-12H2,1-2H3;2*3H,1-2H3;/q;2*-1;+2. The summed E-state index contributed by atoms with van der Waals surface area (Å²) in [7, 11) is 0. The quantitative estimate of drug-likeness (QED) is 0.309. The maximum absolute atomic E-state index is 5.53. The Hall–Kier alpha value is 0.412. The van der Waals surface area contributed by atoms with Gasteiger partial charge in [0, 0.05) is 25.4 Å². The molecule has 0 aromatic rings. The molecule has 0 aliphatic heterocycles. The number of unbranched alkanes of at least 4 members (excludes halogenated alkanes) is 6. The summed E-state index contributed by atoms with van der Waals surface area (Å²) in [6, 6.07) is 0. The molecule has 0 atom stereocenters. The Morgan fingerprint density at radius 2 is 1.05 bits per heavy atom. The fraction of sp³-hybridized carbons (Fsp3) is 1.00. The molecule has 0 aromatic carbocycles. The summed E-state index contributed by atoms with van der Waals surface area (Å²) in [4.78, 5) is 0. The molecule has 0 rings (SSSR count). The van der Waals surface area contributed by atoms with Crippen molar-refractivity contribution in [3.63, 3.8) is 0 Å². The summed E-state index contributed by atoms with van der Waals surface area (Å²) in [5.41, 5.74) is 0. The molecule has 0 amide bonds. The van der Waals surface area contributed by atoms with Crippen molar-refractivity contribution in [3.05, 3.63) is 0 Å². The second-order valence-corrected chi connectivity index (χ2v) is 6.94. The number of hydrogen-bond donors (Lipinski definition) is 0. The smallest absolute Gasteiger partial charge is 0.482 e. The van der Waals surface area contributed by atoms with E-state index in [2.05, 4.69) is 13.8 Å². The van der Waals surface area contributed by atoms with Crippen LogP contribution in [0.1, 0.15) is 92.9 Å². The third-order valence-electron chi connectivity index (χ3n) is 2.94. The molecule has 0 spiro atoms. The van der Waals surface area contributed by atoms with Crippen molar-refractivity contribution in [1.82, 2.24) is 0 Å². The van der Waals surface area contributed by atoms with E-state index < -0.39 is 0 Å². The van der Waals surface area contributed by atoms with Crippen LogP contribution in [0.5, 0.6) is 0 Å². The highest BCUT2D eigenvalue weighted by Gasteiger charge is 2.01. The Kier molecular flexibility index (Phi) is 24.0. The van der Waals surface area contributed by atoms with E-state index in [-0.39, 0.29) is 15.9 Å². The van der Waals surface area contributed by atoms with Crippen LogP contribution in [-0.4, -0.2) is 41.3 Å². The molecule has 0 saturated carbocycles. The van der Waals surface area contributed by atoms with Gasteiger partial charge in [-0.25, -0.2) is 0 Å². The highest BCUT2D eigenvalue weighted by molar-refractivity contribution is 6.18. The van der Waals surface area contributed by atoms with Crippen LogP contribution in [-0.2, 0) is 12.3 Å². The summed E-state index contributed by atoms with van der Waals surface area (Å²) in [5.74, 6) is 0. The zero-order valence-electron chi connectivity index (χ0n) is 16.0. The van der Waals surface area contributed by atoms with Gasteiger partial charge in [0.1, 0.15) is 0 Å². The van der Waals surface area contributed by atoms with Gasteiger partial charge >= 0.3 is 15.9 Å². The van der Waals surface area contributed by atoms with E-state index in [1.807, 2.05) is 27.7 Å². The van der Waals surface area contributed by atoms with Gasteiger partial charge in [0.25, 0.3) is 0 Å². The van der Waals surface area contributed by atoms with Gasteiger partial charge in [0.05, 0.1) is 0 Å². The lowest BCUT2D eigenvalue weighted by Gasteiger charge is -2.09. The first-order chi connectivity index (χ1) is 10.5. The van der Waals surface area contributed by atoms with Crippen molar-refractivity contribution < 1.29 is 12.3 Å². The summed E-state index contributed by atoms with van der Waals surface area (Å²) < 4.78 is 16.0. The van der Waals surface area contributed by atoms with E-state index in [4.69, 9.17) is 12.3 Å². The largest absolute Gasteiger partial charge is 0.668 e. The first-order valence-electron chi connectivity index (χ1n) is 9.24. The minimum absolute atomic E-state index is 0.245. The van der Waals surface area contributed by atoms with Gasteiger partial charge in [-0.3, -0.25) is 0 Å². The van der Waals surface area contributed by atoms with Crippen molar-refractivity contribution in [2.45, 2.75) is 105 Å². The second kappa shape index (κ2) is 21.4. The van der Waals surface area contributed by atoms with Crippen molar-refractivity contribution in [2.24, 2.45) is 0 Å². The average molecular weight is 331 g/mol. The summed E-state index contributed by atoms with van der Waals surface area (Å²) in [5, 5.41) is 0. The van der Waals surface area contributed by atoms with Gasteiger partial charge in [0.2, 0.25) is 0 Å². The highest BCUT2D eigenvalue weighted by atomic mass is 27.2. The minimum atomic E-state index is -0.245. The van der Waals surface area contributed by atoms with E-state index in [0.717, 1.165) is 13.2 Å². The summed E-state index contributed by atoms with van der Waals surface area (Å²) in [6.07, 6.45) is 11.1. The first kappa shape index (κ1) is 24.7.